The van der Waals surface area contributed by atoms with Crippen LogP contribution in [0.1, 0.15) is 11.7 Å². The largest absolute Gasteiger partial charge is 0.398 e. The summed E-state index contributed by atoms with van der Waals surface area (Å²) < 4.78 is 19.0. The van der Waals surface area contributed by atoms with Crippen LogP contribution in [0.2, 0.25) is 0 Å². The Morgan fingerprint density at radius 1 is 1.43 bits per heavy atom. The van der Waals surface area contributed by atoms with Crippen molar-refractivity contribution in [2.45, 2.75) is 13.3 Å². The molecule has 0 saturated heterocycles. The molecule has 0 amide bonds. The third kappa shape index (κ3) is 2.62. The number of nitrogens with two attached hydrogens (primary N) is 1. The number of benzene rings is 1. The van der Waals surface area contributed by atoms with Crippen LogP contribution in [0.25, 0.3) is 10.9 Å². The van der Waals surface area contributed by atoms with E-state index < -0.39 is 5.82 Å². The maximum atomic E-state index is 14.1. The van der Waals surface area contributed by atoms with Crippen molar-refractivity contribution in [3.63, 3.8) is 0 Å². The van der Waals surface area contributed by atoms with Crippen molar-refractivity contribution in [2.75, 3.05) is 17.6 Å². The molecule has 108 valence electrons. The van der Waals surface area contributed by atoms with E-state index in [-0.39, 0.29) is 0 Å². The highest BCUT2D eigenvalue weighted by Crippen LogP contribution is 2.29. The predicted octanol–water partition coefficient (Wildman–Crippen LogP) is 2.30. The van der Waals surface area contributed by atoms with Crippen LogP contribution in [0.5, 0.6) is 0 Å². The molecule has 0 spiro atoms. The molecule has 6 nitrogen and oxygen atoms in total. The number of hydrogen-bond donors (Lipinski definition) is 2. The van der Waals surface area contributed by atoms with Gasteiger partial charge in [-0.1, -0.05) is 5.16 Å². The number of halogens is 1. The summed E-state index contributed by atoms with van der Waals surface area (Å²) in [5.74, 6) is 0.659. The van der Waals surface area contributed by atoms with Crippen LogP contribution in [-0.2, 0) is 6.42 Å². The third-order valence-electron chi connectivity index (χ3n) is 3.10. The van der Waals surface area contributed by atoms with Crippen molar-refractivity contribution in [1.82, 2.24) is 15.1 Å². The van der Waals surface area contributed by atoms with Crippen LogP contribution in [0.15, 0.2) is 28.9 Å². The van der Waals surface area contributed by atoms with Crippen molar-refractivity contribution < 1.29 is 8.91 Å². The SMILES string of the molecule is Cc1nc(CCNc2c(F)cc(N)c3cccnc23)no1. The third-order valence-corrected chi connectivity index (χ3v) is 3.10. The summed E-state index contributed by atoms with van der Waals surface area (Å²) in [5, 5.41) is 7.54. The molecule has 3 rings (SSSR count). The van der Waals surface area contributed by atoms with Gasteiger partial charge in [-0.2, -0.15) is 4.98 Å². The molecule has 3 N–H and O–H groups in total. The molecular formula is C14H14FN5O. The van der Waals surface area contributed by atoms with Crippen LogP contribution in [0.3, 0.4) is 0 Å². The van der Waals surface area contributed by atoms with E-state index in [4.69, 9.17) is 10.3 Å². The number of anilines is 2. The average Bonchev–Trinajstić information content (AvgIpc) is 2.88. The van der Waals surface area contributed by atoms with Gasteiger partial charge in [-0.15, -0.1) is 0 Å². The maximum absolute atomic E-state index is 14.1. The summed E-state index contributed by atoms with van der Waals surface area (Å²) in [5.41, 5.74) is 7.03. The molecule has 0 unspecified atom stereocenters. The summed E-state index contributed by atoms with van der Waals surface area (Å²) in [6, 6.07) is 4.87. The molecule has 7 heteroatoms. The second kappa shape index (κ2) is 5.35. The van der Waals surface area contributed by atoms with Crippen molar-refractivity contribution in [3.8, 4) is 0 Å². The average molecular weight is 287 g/mol. The minimum Gasteiger partial charge on any atom is -0.398 e. The smallest absolute Gasteiger partial charge is 0.223 e. The fourth-order valence-corrected chi connectivity index (χ4v) is 2.15. The van der Waals surface area contributed by atoms with Crippen molar-refractivity contribution in [1.29, 1.82) is 0 Å². The number of pyridine rings is 1. The van der Waals surface area contributed by atoms with Crippen LogP contribution >= 0.6 is 0 Å². The van der Waals surface area contributed by atoms with E-state index in [9.17, 15) is 4.39 Å². The molecule has 0 aliphatic rings. The zero-order valence-corrected chi connectivity index (χ0v) is 11.4. The van der Waals surface area contributed by atoms with Crippen LogP contribution < -0.4 is 11.1 Å². The molecule has 0 atom stereocenters. The number of aryl methyl sites for hydroxylation is 1. The number of fused-ring (bicyclic) bond motifs is 1. The van der Waals surface area contributed by atoms with Gasteiger partial charge >= 0.3 is 0 Å². The van der Waals surface area contributed by atoms with E-state index in [1.165, 1.54) is 6.07 Å². The Balaban J connectivity index is 1.83. The van der Waals surface area contributed by atoms with Crippen molar-refractivity contribution in [3.05, 3.63) is 41.9 Å². The van der Waals surface area contributed by atoms with Gasteiger partial charge in [0.25, 0.3) is 0 Å². The summed E-state index contributed by atoms with van der Waals surface area (Å²) in [6.45, 7) is 2.19. The lowest BCUT2D eigenvalue weighted by atomic mass is 10.1. The lowest BCUT2D eigenvalue weighted by Crippen LogP contribution is -2.09. The van der Waals surface area contributed by atoms with E-state index in [1.54, 1.807) is 19.2 Å². The Labute approximate surface area is 120 Å². The molecule has 1 aromatic carbocycles. The topological polar surface area (TPSA) is 89.9 Å². The fourth-order valence-electron chi connectivity index (χ4n) is 2.15. The van der Waals surface area contributed by atoms with Crippen LogP contribution in [0.4, 0.5) is 15.8 Å². The first kappa shape index (κ1) is 13.3. The highest BCUT2D eigenvalue weighted by Gasteiger charge is 2.12. The van der Waals surface area contributed by atoms with E-state index in [2.05, 4.69) is 20.4 Å². The monoisotopic (exact) mass is 287 g/mol. The molecule has 0 bridgehead atoms. The molecule has 0 fully saturated rings. The summed E-state index contributed by atoms with van der Waals surface area (Å²) >= 11 is 0. The van der Waals surface area contributed by atoms with Crippen molar-refractivity contribution in [2.24, 2.45) is 0 Å². The molecule has 21 heavy (non-hydrogen) atoms. The molecule has 2 heterocycles. The van der Waals surface area contributed by atoms with E-state index in [0.717, 1.165) is 5.39 Å². The second-order valence-corrected chi connectivity index (χ2v) is 4.63. The number of nitrogen functional groups attached to an aromatic ring is 1. The van der Waals surface area contributed by atoms with Gasteiger partial charge in [0.05, 0.1) is 11.2 Å². The number of hydrogen-bond acceptors (Lipinski definition) is 6. The highest BCUT2D eigenvalue weighted by atomic mass is 19.1. The van der Waals surface area contributed by atoms with Gasteiger partial charge in [0.15, 0.2) is 11.6 Å². The Bertz CT molecular complexity index is 786. The van der Waals surface area contributed by atoms with E-state index in [1.807, 2.05) is 6.07 Å². The van der Waals surface area contributed by atoms with E-state index in [0.29, 0.717) is 41.6 Å². The Morgan fingerprint density at radius 2 is 2.29 bits per heavy atom. The number of nitrogens with one attached hydrogen (secondary N) is 1. The molecule has 3 aromatic rings. The molecule has 0 aliphatic carbocycles. The number of nitrogens with zero attached hydrogens (tertiary/aromatic N) is 3. The molecule has 2 aromatic heterocycles. The van der Waals surface area contributed by atoms with Gasteiger partial charge in [-0.3, -0.25) is 4.98 Å². The van der Waals surface area contributed by atoms with Gasteiger partial charge in [0, 0.05) is 37.2 Å². The van der Waals surface area contributed by atoms with Gasteiger partial charge in [0.1, 0.15) is 0 Å². The first-order chi connectivity index (χ1) is 10.1. The first-order valence-corrected chi connectivity index (χ1v) is 6.51. The Hall–Kier alpha value is -2.70. The van der Waals surface area contributed by atoms with Gasteiger partial charge in [-0.05, 0) is 18.2 Å². The van der Waals surface area contributed by atoms with Gasteiger partial charge in [-0.25, -0.2) is 4.39 Å². The quantitative estimate of drug-likeness (QED) is 0.716. The zero-order valence-electron chi connectivity index (χ0n) is 11.4. The minimum atomic E-state index is -0.428. The number of rotatable bonds is 4. The highest BCUT2D eigenvalue weighted by molar-refractivity contribution is 5.98. The Morgan fingerprint density at radius 3 is 3.05 bits per heavy atom. The first-order valence-electron chi connectivity index (χ1n) is 6.51. The summed E-state index contributed by atoms with van der Waals surface area (Å²) in [6.07, 6.45) is 2.13. The predicted molar refractivity (Wildman–Crippen MR) is 77.3 cm³/mol. The normalized spacial score (nSPS) is 11.0. The molecular weight excluding hydrogens is 273 g/mol. The van der Waals surface area contributed by atoms with Gasteiger partial charge < -0.3 is 15.6 Å². The van der Waals surface area contributed by atoms with Crippen LogP contribution in [-0.4, -0.2) is 21.7 Å². The fraction of sp³-hybridized carbons (Fsp3) is 0.214. The summed E-state index contributed by atoms with van der Waals surface area (Å²) in [4.78, 5) is 8.29. The number of aromatic nitrogens is 3. The van der Waals surface area contributed by atoms with E-state index >= 15 is 0 Å². The molecule has 0 aliphatic heterocycles. The van der Waals surface area contributed by atoms with Gasteiger partial charge in [0.2, 0.25) is 5.89 Å². The molecule has 0 radical (unpaired) electrons. The standard InChI is InChI=1S/C14H14FN5O/c1-8-19-12(20-21-8)4-6-18-14-10(15)7-11(16)9-3-2-5-17-13(9)14/h2-3,5,7,18H,4,6,16H2,1H3. The van der Waals surface area contributed by atoms with Crippen LogP contribution in [0, 0.1) is 12.7 Å². The lowest BCUT2D eigenvalue weighted by molar-refractivity contribution is 0.387. The second-order valence-electron chi connectivity index (χ2n) is 4.63. The Kier molecular flexibility index (Phi) is 3.39. The maximum Gasteiger partial charge on any atom is 0.223 e. The summed E-state index contributed by atoms with van der Waals surface area (Å²) in [7, 11) is 0. The lowest BCUT2D eigenvalue weighted by Gasteiger charge is -2.11. The van der Waals surface area contributed by atoms with Crippen molar-refractivity contribution >= 4 is 22.3 Å². The molecule has 0 saturated carbocycles. The zero-order chi connectivity index (χ0) is 14.8. The minimum absolute atomic E-state index is 0.333.